The number of nitrogens with zero attached hydrogens (tertiary/aromatic N) is 1. The van der Waals surface area contributed by atoms with Crippen molar-refractivity contribution in [3.05, 3.63) is 90.0 Å². The maximum atomic E-state index is 12.6. The van der Waals surface area contributed by atoms with E-state index in [2.05, 4.69) is 10.7 Å². The molecule has 3 amide bonds. The summed E-state index contributed by atoms with van der Waals surface area (Å²) in [4.78, 5) is 37.5. The summed E-state index contributed by atoms with van der Waals surface area (Å²) in [5, 5.41) is 3.81. The molecule has 1 aliphatic heterocycles. The summed E-state index contributed by atoms with van der Waals surface area (Å²) in [6.07, 6.45) is -0.112. The average molecular weight is 415 g/mol. The Balaban J connectivity index is 1.39. The number of rotatable bonds is 7. The van der Waals surface area contributed by atoms with Gasteiger partial charge in [0, 0.05) is 5.69 Å². The highest BCUT2D eigenvalue weighted by Gasteiger charge is 2.35. The van der Waals surface area contributed by atoms with Crippen LogP contribution in [-0.4, -0.2) is 28.8 Å². The molecule has 0 aliphatic carbocycles. The van der Waals surface area contributed by atoms with Crippen molar-refractivity contribution in [3.8, 4) is 5.75 Å². The molecular weight excluding hydrogens is 394 g/mol. The molecule has 1 heterocycles. The molecule has 0 saturated carbocycles. The fourth-order valence-electron chi connectivity index (χ4n) is 3.26. The maximum absolute atomic E-state index is 12.6. The zero-order valence-corrected chi connectivity index (χ0v) is 16.9. The van der Waals surface area contributed by atoms with Crippen LogP contribution < -0.4 is 15.5 Å². The van der Waals surface area contributed by atoms with Crippen LogP contribution in [-0.2, 0) is 4.79 Å². The van der Waals surface area contributed by atoms with Crippen LogP contribution in [0, 0.1) is 0 Å². The first-order valence-electron chi connectivity index (χ1n) is 9.94. The number of hydrogen-bond acceptors (Lipinski definition) is 5. The number of carbonyl (C=O) groups excluding carboxylic acids is 3. The van der Waals surface area contributed by atoms with Gasteiger partial charge in [0.15, 0.2) is 6.10 Å². The zero-order valence-electron chi connectivity index (χ0n) is 16.9. The molecule has 3 aromatic rings. The second-order valence-electron chi connectivity index (χ2n) is 7.00. The first-order chi connectivity index (χ1) is 15.1. The van der Waals surface area contributed by atoms with Gasteiger partial charge in [0.2, 0.25) is 0 Å². The molecule has 0 aromatic heterocycles. The van der Waals surface area contributed by atoms with Gasteiger partial charge in [0.25, 0.3) is 17.7 Å². The number of para-hydroxylation sites is 1. The number of fused-ring (bicyclic) bond motifs is 1. The van der Waals surface area contributed by atoms with E-state index in [0.717, 1.165) is 5.01 Å². The van der Waals surface area contributed by atoms with E-state index in [9.17, 15) is 14.4 Å². The number of nitrogens with one attached hydrogen (secondary N) is 2. The van der Waals surface area contributed by atoms with E-state index in [1.165, 1.54) is 0 Å². The average Bonchev–Trinajstić information content (AvgIpc) is 3.04. The van der Waals surface area contributed by atoms with E-state index in [4.69, 9.17) is 4.74 Å². The summed E-state index contributed by atoms with van der Waals surface area (Å²) in [5.41, 5.74) is 4.69. The van der Waals surface area contributed by atoms with E-state index < -0.39 is 17.9 Å². The van der Waals surface area contributed by atoms with Crippen LogP contribution >= 0.6 is 0 Å². The highest BCUT2D eigenvalue weighted by molar-refractivity contribution is 6.21. The monoisotopic (exact) mass is 415 g/mol. The number of imide groups is 1. The Bertz CT molecular complexity index is 1080. The maximum Gasteiger partial charge on any atom is 0.280 e. The second kappa shape index (κ2) is 8.71. The topological polar surface area (TPSA) is 87.7 Å². The van der Waals surface area contributed by atoms with Crippen molar-refractivity contribution in [1.82, 2.24) is 5.01 Å². The Morgan fingerprint density at radius 1 is 0.839 bits per heavy atom. The number of hydrazine groups is 1. The molecule has 1 unspecified atom stereocenters. The van der Waals surface area contributed by atoms with Crippen molar-refractivity contribution in [3.63, 3.8) is 0 Å². The van der Waals surface area contributed by atoms with Gasteiger partial charge in [0.1, 0.15) is 5.75 Å². The van der Waals surface area contributed by atoms with Crippen molar-refractivity contribution in [2.45, 2.75) is 19.4 Å². The second-order valence-corrected chi connectivity index (χ2v) is 7.00. The molecule has 7 nitrogen and oxygen atoms in total. The Labute approximate surface area is 179 Å². The molecule has 1 aliphatic rings. The van der Waals surface area contributed by atoms with Crippen molar-refractivity contribution in [1.29, 1.82) is 0 Å². The molecule has 1 atom stereocenters. The fourth-order valence-corrected chi connectivity index (χ4v) is 3.26. The van der Waals surface area contributed by atoms with Crippen molar-refractivity contribution in [2.75, 3.05) is 10.7 Å². The van der Waals surface area contributed by atoms with Gasteiger partial charge in [-0.05, 0) is 55.0 Å². The summed E-state index contributed by atoms with van der Waals surface area (Å²) < 4.78 is 5.76. The lowest BCUT2D eigenvalue weighted by molar-refractivity contribution is -0.122. The number of anilines is 2. The summed E-state index contributed by atoms with van der Waals surface area (Å²) in [6, 6.07) is 22.6. The van der Waals surface area contributed by atoms with Crippen LogP contribution in [0.3, 0.4) is 0 Å². The van der Waals surface area contributed by atoms with Gasteiger partial charge in [-0.1, -0.05) is 37.3 Å². The third-order valence-electron chi connectivity index (χ3n) is 4.87. The third-order valence-corrected chi connectivity index (χ3v) is 4.87. The van der Waals surface area contributed by atoms with Gasteiger partial charge in [-0.15, -0.1) is 0 Å². The van der Waals surface area contributed by atoms with Gasteiger partial charge < -0.3 is 10.1 Å². The highest BCUT2D eigenvalue weighted by Crippen LogP contribution is 2.24. The Morgan fingerprint density at radius 3 is 1.97 bits per heavy atom. The number of benzene rings is 3. The predicted molar refractivity (Wildman–Crippen MR) is 117 cm³/mol. The fraction of sp³-hybridized carbons (Fsp3) is 0.125. The van der Waals surface area contributed by atoms with Crippen LogP contribution in [0.1, 0.15) is 34.1 Å². The van der Waals surface area contributed by atoms with E-state index in [1.54, 1.807) is 60.7 Å². The predicted octanol–water partition coefficient (Wildman–Crippen LogP) is 4.11. The van der Waals surface area contributed by atoms with Crippen molar-refractivity contribution < 1.29 is 19.1 Å². The molecule has 3 aromatic carbocycles. The lowest BCUT2D eigenvalue weighted by atomic mass is 10.1. The smallest absolute Gasteiger partial charge is 0.280 e. The van der Waals surface area contributed by atoms with E-state index in [1.807, 2.05) is 25.1 Å². The lowest BCUT2D eigenvalue weighted by Crippen LogP contribution is -2.35. The molecule has 2 N–H and O–H groups in total. The minimum atomic E-state index is -0.626. The van der Waals surface area contributed by atoms with Crippen molar-refractivity contribution in [2.24, 2.45) is 0 Å². The first kappa shape index (κ1) is 20.2. The van der Waals surface area contributed by atoms with Crippen molar-refractivity contribution >= 4 is 29.1 Å². The summed E-state index contributed by atoms with van der Waals surface area (Å²) in [5.74, 6) is -0.430. The van der Waals surface area contributed by atoms with Crippen LogP contribution in [0.15, 0.2) is 78.9 Å². The van der Waals surface area contributed by atoms with Crippen LogP contribution in [0.25, 0.3) is 0 Å². The van der Waals surface area contributed by atoms with E-state index in [0.29, 0.717) is 34.7 Å². The van der Waals surface area contributed by atoms with E-state index >= 15 is 0 Å². The number of carbonyl (C=O) groups is 3. The van der Waals surface area contributed by atoms with Crippen LogP contribution in [0.4, 0.5) is 11.4 Å². The lowest BCUT2D eigenvalue weighted by Gasteiger charge is -2.18. The Kier molecular flexibility index (Phi) is 5.66. The molecule has 7 heteroatoms. The first-order valence-corrected chi connectivity index (χ1v) is 9.94. The molecule has 0 bridgehead atoms. The molecule has 156 valence electrons. The standard InChI is InChI=1S/C24H21N3O4/c1-2-21(31-18-8-4-3-5-9-18)22(28)25-16-12-14-17(15-13-16)26-27-23(29)19-10-6-7-11-20(19)24(27)30/h3-15,21,26H,2H2,1H3,(H,25,28). The molecule has 31 heavy (non-hydrogen) atoms. The third kappa shape index (κ3) is 4.25. The van der Waals surface area contributed by atoms with Gasteiger partial charge in [-0.2, -0.15) is 5.01 Å². The molecule has 4 rings (SSSR count). The summed E-state index contributed by atoms with van der Waals surface area (Å²) >= 11 is 0. The van der Waals surface area contributed by atoms with Gasteiger partial charge >= 0.3 is 0 Å². The minimum Gasteiger partial charge on any atom is -0.481 e. The van der Waals surface area contributed by atoms with Gasteiger partial charge in [0.05, 0.1) is 16.8 Å². The Morgan fingerprint density at radius 2 is 1.39 bits per heavy atom. The Hall–Kier alpha value is -4.13. The van der Waals surface area contributed by atoms with Gasteiger partial charge in [-0.3, -0.25) is 19.8 Å². The minimum absolute atomic E-state index is 0.257. The molecule has 0 spiro atoms. The summed E-state index contributed by atoms with van der Waals surface area (Å²) in [7, 11) is 0. The van der Waals surface area contributed by atoms with Gasteiger partial charge in [-0.25, -0.2) is 0 Å². The quantitative estimate of drug-likeness (QED) is 0.567. The number of hydrogen-bond donors (Lipinski definition) is 2. The van der Waals surface area contributed by atoms with Crippen LogP contribution in [0.5, 0.6) is 5.75 Å². The number of amides is 3. The molecular formula is C24H21N3O4. The summed E-state index contributed by atoms with van der Waals surface area (Å²) in [6.45, 7) is 1.88. The molecule has 0 saturated heterocycles. The van der Waals surface area contributed by atoms with Crippen LogP contribution in [0.2, 0.25) is 0 Å². The largest absolute Gasteiger partial charge is 0.481 e. The molecule has 0 fully saturated rings. The SMILES string of the molecule is CCC(Oc1ccccc1)C(=O)Nc1ccc(NN2C(=O)c3ccccc3C2=O)cc1. The number of ether oxygens (including phenoxy) is 1. The van der Waals surface area contributed by atoms with E-state index in [-0.39, 0.29) is 5.91 Å². The highest BCUT2D eigenvalue weighted by atomic mass is 16.5. The zero-order chi connectivity index (χ0) is 21.8. The normalized spacial score (nSPS) is 13.5. The molecule has 0 radical (unpaired) electrons.